The molecule has 0 unspecified atom stereocenters. The van der Waals surface area contributed by atoms with Crippen molar-refractivity contribution in [2.24, 2.45) is 0 Å². The zero-order valence-electron chi connectivity index (χ0n) is 14.6. The van der Waals surface area contributed by atoms with Gasteiger partial charge in [0.05, 0.1) is 0 Å². The first-order valence-corrected chi connectivity index (χ1v) is 8.45. The molecule has 1 saturated heterocycles. The second-order valence-electron chi connectivity index (χ2n) is 6.26. The van der Waals surface area contributed by atoms with Crippen LogP contribution in [0.1, 0.15) is 34.7 Å². The minimum atomic E-state index is 0.00770. The number of carbonyl (C=O) groups excluding carboxylic acids is 2. The van der Waals surface area contributed by atoms with Crippen molar-refractivity contribution >= 4 is 17.7 Å². The van der Waals surface area contributed by atoms with Crippen molar-refractivity contribution in [3.05, 3.63) is 41.3 Å². The molecular weight excluding hydrogens is 320 g/mol. The maximum atomic E-state index is 12.3. The molecule has 1 aliphatic rings. The fraction of sp³-hybridized carbons (Fsp3) is 0.444. The Morgan fingerprint density at radius 1 is 1.00 bits per heavy atom. The lowest BCUT2D eigenvalue weighted by Crippen LogP contribution is -2.49. The van der Waals surface area contributed by atoms with E-state index < -0.39 is 0 Å². The Morgan fingerprint density at radius 2 is 1.68 bits per heavy atom. The van der Waals surface area contributed by atoms with Crippen molar-refractivity contribution < 1.29 is 14.0 Å². The third-order valence-corrected chi connectivity index (χ3v) is 4.36. The van der Waals surface area contributed by atoms with Gasteiger partial charge in [0.1, 0.15) is 0 Å². The quantitative estimate of drug-likeness (QED) is 0.773. The van der Waals surface area contributed by atoms with Crippen LogP contribution in [0.5, 0.6) is 0 Å². The standard InChI is InChI=1S/C18H22N4O3/c1-13-3-5-15(6-4-13)16(23)7-8-17(24)21-9-11-22(12-10-21)18-20-19-14(2)25-18/h3-6H,7-12H2,1-2H3. The summed E-state index contributed by atoms with van der Waals surface area (Å²) < 4.78 is 5.41. The molecule has 2 heterocycles. The number of benzene rings is 1. The molecule has 7 nitrogen and oxygen atoms in total. The predicted molar refractivity (Wildman–Crippen MR) is 92.6 cm³/mol. The van der Waals surface area contributed by atoms with Crippen LogP contribution in [0.15, 0.2) is 28.7 Å². The van der Waals surface area contributed by atoms with E-state index in [0.717, 1.165) is 5.56 Å². The highest BCUT2D eigenvalue weighted by molar-refractivity contribution is 5.98. The van der Waals surface area contributed by atoms with E-state index in [1.807, 2.05) is 36.1 Å². The van der Waals surface area contributed by atoms with Crippen molar-refractivity contribution in [1.82, 2.24) is 15.1 Å². The smallest absolute Gasteiger partial charge is 0.318 e. The normalized spacial score (nSPS) is 14.6. The summed E-state index contributed by atoms with van der Waals surface area (Å²) in [6.07, 6.45) is 0.483. The molecule has 0 bridgehead atoms. The molecule has 0 radical (unpaired) electrons. The van der Waals surface area contributed by atoms with Gasteiger partial charge < -0.3 is 14.2 Å². The topological polar surface area (TPSA) is 79.5 Å². The number of aromatic nitrogens is 2. The van der Waals surface area contributed by atoms with Crippen LogP contribution < -0.4 is 4.90 Å². The van der Waals surface area contributed by atoms with Crippen molar-refractivity contribution in [2.45, 2.75) is 26.7 Å². The van der Waals surface area contributed by atoms with Crippen LogP contribution in [0, 0.1) is 13.8 Å². The summed E-state index contributed by atoms with van der Waals surface area (Å²) in [5.41, 5.74) is 1.77. The lowest BCUT2D eigenvalue weighted by molar-refractivity contribution is -0.131. The first kappa shape index (κ1) is 17.1. The molecule has 1 fully saturated rings. The van der Waals surface area contributed by atoms with E-state index in [9.17, 15) is 9.59 Å². The second kappa shape index (κ2) is 7.46. The molecule has 3 rings (SSSR count). The molecule has 0 aliphatic carbocycles. The molecule has 0 spiro atoms. The fourth-order valence-corrected chi connectivity index (χ4v) is 2.82. The first-order valence-electron chi connectivity index (χ1n) is 8.45. The number of rotatable bonds is 5. The van der Waals surface area contributed by atoms with E-state index in [0.29, 0.717) is 43.6 Å². The van der Waals surface area contributed by atoms with Gasteiger partial charge in [-0.3, -0.25) is 9.59 Å². The zero-order chi connectivity index (χ0) is 17.8. The minimum absolute atomic E-state index is 0.00770. The number of nitrogens with zero attached hydrogens (tertiary/aromatic N) is 4. The monoisotopic (exact) mass is 342 g/mol. The van der Waals surface area contributed by atoms with Crippen LogP contribution in [-0.4, -0.2) is 53.0 Å². The Kier molecular flexibility index (Phi) is 5.11. The fourth-order valence-electron chi connectivity index (χ4n) is 2.82. The van der Waals surface area contributed by atoms with Crippen LogP contribution in [0.2, 0.25) is 0 Å². The summed E-state index contributed by atoms with van der Waals surface area (Å²) in [5, 5.41) is 7.82. The van der Waals surface area contributed by atoms with Crippen molar-refractivity contribution in [2.75, 3.05) is 31.1 Å². The van der Waals surface area contributed by atoms with E-state index in [-0.39, 0.29) is 24.5 Å². The predicted octanol–water partition coefficient (Wildman–Crippen LogP) is 2.00. The van der Waals surface area contributed by atoms with Crippen molar-refractivity contribution in [1.29, 1.82) is 0 Å². The SMILES string of the molecule is Cc1ccc(C(=O)CCC(=O)N2CCN(c3nnc(C)o3)CC2)cc1. The maximum Gasteiger partial charge on any atom is 0.318 e. The van der Waals surface area contributed by atoms with E-state index in [2.05, 4.69) is 10.2 Å². The Morgan fingerprint density at radius 3 is 2.28 bits per heavy atom. The highest BCUT2D eigenvalue weighted by Gasteiger charge is 2.24. The summed E-state index contributed by atoms with van der Waals surface area (Å²) in [5.74, 6) is 0.554. The Balaban J connectivity index is 1.46. The van der Waals surface area contributed by atoms with E-state index >= 15 is 0 Å². The molecular formula is C18H22N4O3. The number of hydrogen-bond donors (Lipinski definition) is 0. The second-order valence-corrected chi connectivity index (χ2v) is 6.26. The zero-order valence-corrected chi connectivity index (χ0v) is 14.6. The maximum absolute atomic E-state index is 12.3. The highest BCUT2D eigenvalue weighted by Crippen LogP contribution is 2.15. The number of aryl methyl sites for hydroxylation is 2. The van der Waals surface area contributed by atoms with Crippen LogP contribution in [0.25, 0.3) is 0 Å². The molecule has 1 amide bonds. The lowest BCUT2D eigenvalue weighted by Gasteiger charge is -2.33. The van der Waals surface area contributed by atoms with Gasteiger partial charge in [0.15, 0.2) is 5.78 Å². The molecule has 132 valence electrons. The van der Waals surface area contributed by atoms with Crippen molar-refractivity contribution in [3.63, 3.8) is 0 Å². The molecule has 7 heteroatoms. The average Bonchev–Trinajstić information content (AvgIpc) is 3.06. The highest BCUT2D eigenvalue weighted by atomic mass is 16.4. The summed E-state index contributed by atoms with van der Waals surface area (Å²) in [7, 11) is 0. The number of carbonyl (C=O) groups is 2. The van der Waals surface area contributed by atoms with Crippen LogP contribution in [0.4, 0.5) is 6.01 Å². The van der Waals surface area contributed by atoms with Crippen LogP contribution in [0.3, 0.4) is 0 Å². The van der Waals surface area contributed by atoms with Gasteiger partial charge in [-0.2, -0.15) is 0 Å². The number of anilines is 1. The van der Waals surface area contributed by atoms with Gasteiger partial charge in [0, 0.05) is 51.5 Å². The molecule has 25 heavy (non-hydrogen) atoms. The van der Waals surface area contributed by atoms with E-state index in [4.69, 9.17) is 4.42 Å². The van der Waals surface area contributed by atoms with E-state index in [1.54, 1.807) is 11.8 Å². The Hall–Kier alpha value is -2.70. The number of ketones is 1. The van der Waals surface area contributed by atoms with Gasteiger partial charge >= 0.3 is 6.01 Å². The van der Waals surface area contributed by atoms with Gasteiger partial charge in [-0.15, -0.1) is 5.10 Å². The third-order valence-electron chi connectivity index (χ3n) is 4.36. The third kappa shape index (κ3) is 4.23. The Labute approximate surface area is 146 Å². The molecule has 1 aromatic heterocycles. The van der Waals surface area contributed by atoms with Gasteiger partial charge in [-0.1, -0.05) is 34.9 Å². The van der Waals surface area contributed by atoms with Gasteiger partial charge in [-0.25, -0.2) is 0 Å². The van der Waals surface area contributed by atoms with Gasteiger partial charge in [-0.05, 0) is 6.92 Å². The molecule has 2 aromatic rings. The lowest BCUT2D eigenvalue weighted by atomic mass is 10.0. The first-order chi connectivity index (χ1) is 12.0. The minimum Gasteiger partial charge on any atom is -0.408 e. The molecule has 1 aromatic carbocycles. The molecule has 0 atom stereocenters. The summed E-state index contributed by atoms with van der Waals surface area (Å²) in [6.45, 7) is 6.23. The summed E-state index contributed by atoms with van der Waals surface area (Å²) in [4.78, 5) is 28.3. The van der Waals surface area contributed by atoms with Crippen LogP contribution >= 0.6 is 0 Å². The average molecular weight is 342 g/mol. The molecule has 0 saturated carbocycles. The molecule has 1 aliphatic heterocycles. The summed E-state index contributed by atoms with van der Waals surface area (Å²) >= 11 is 0. The molecule has 0 N–H and O–H groups in total. The number of piperazine rings is 1. The van der Waals surface area contributed by atoms with Gasteiger partial charge in [0.25, 0.3) is 0 Å². The number of Topliss-reactive ketones (excluding diaryl/α,β-unsaturated/α-hetero) is 1. The summed E-state index contributed by atoms with van der Waals surface area (Å²) in [6, 6.07) is 7.95. The number of hydrogen-bond acceptors (Lipinski definition) is 6. The number of amides is 1. The van der Waals surface area contributed by atoms with E-state index in [1.165, 1.54) is 0 Å². The van der Waals surface area contributed by atoms with Gasteiger partial charge in [0.2, 0.25) is 11.8 Å². The van der Waals surface area contributed by atoms with Crippen LogP contribution in [-0.2, 0) is 4.79 Å². The Bertz CT molecular complexity index is 746. The van der Waals surface area contributed by atoms with Crippen molar-refractivity contribution in [3.8, 4) is 0 Å². The largest absolute Gasteiger partial charge is 0.408 e.